The van der Waals surface area contributed by atoms with Crippen LogP contribution in [-0.4, -0.2) is 36.9 Å². The molecular weight excluding hydrogens is 274 g/mol. The molecule has 1 heterocycles. The molecule has 0 saturated carbocycles. The maximum atomic E-state index is 12.2. The van der Waals surface area contributed by atoms with Crippen molar-refractivity contribution in [3.05, 3.63) is 29.8 Å². The lowest BCUT2D eigenvalue weighted by molar-refractivity contribution is 0.0958. The van der Waals surface area contributed by atoms with Crippen molar-refractivity contribution < 1.29 is 9.53 Å². The van der Waals surface area contributed by atoms with E-state index in [9.17, 15) is 4.79 Å². The first kappa shape index (κ1) is 17.0. The smallest absolute Gasteiger partial charge is 0.164 e. The minimum Gasteiger partial charge on any atom is -0.494 e. The van der Waals surface area contributed by atoms with Gasteiger partial charge in [0.25, 0.3) is 0 Å². The second-order valence-corrected chi connectivity index (χ2v) is 6.63. The molecule has 2 rings (SSSR count). The number of rotatable bonds is 8. The number of benzene rings is 1. The van der Waals surface area contributed by atoms with Gasteiger partial charge in [0.15, 0.2) is 5.78 Å². The average molecular weight is 303 g/mol. The van der Waals surface area contributed by atoms with Crippen molar-refractivity contribution in [1.29, 1.82) is 0 Å². The van der Waals surface area contributed by atoms with Crippen LogP contribution in [-0.2, 0) is 0 Å². The summed E-state index contributed by atoms with van der Waals surface area (Å²) in [7, 11) is 0. The molecule has 0 aliphatic carbocycles. The predicted octanol–water partition coefficient (Wildman–Crippen LogP) is 4.17. The van der Waals surface area contributed by atoms with Gasteiger partial charge in [-0.25, -0.2) is 0 Å². The van der Waals surface area contributed by atoms with E-state index >= 15 is 0 Å². The third kappa shape index (κ3) is 5.80. The molecule has 0 N–H and O–H groups in total. The monoisotopic (exact) mass is 303 g/mol. The summed E-state index contributed by atoms with van der Waals surface area (Å²) in [6.45, 7) is 8.30. The number of carbonyl (C=O) groups excluding carboxylic acids is 1. The largest absolute Gasteiger partial charge is 0.494 e. The summed E-state index contributed by atoms with van der Waals surface area (Å²) >= 11 is 0. The highest BCUT2D eigenvalue weighted by Crippen LogP contribution is 2.15. The van der Waals surface area contributed by atoms with E-state index in [2.05, 4.69) is 18.7 Å². The van der Waals surface area contributed by atoms with E-state index in [1.807, 2.05) is 24.3 Å². The van der Waals surface area contributed by atoms with E-state index < -0.39 is 0 Å². The zero-order chi connectivity index (χ0) is 15.8. The van der Waals surface area contributed by atoms with Crippen molar-refractivity contribution >= 4 is 5.78 Å². The molecule has 1 aromatic rings. The van der Waals surface area contributed by atoms with Gasteiger partial charge in [0, 0.05) is 18.5 Å². The van der Waals surface area contributed by atoms with Gasteiger partial charge in [-0.2, -0.15) is 0 Å². The lowest BCUT2D eigenvalue weighted by Gasteiger charge is -2.25. The summed E-state index contributed by atoms with van der Waals surface area (Å²) in [5.41, 5.74) is 0.799. The molecule has 0 amide bonds. The lowest BCUT2D eigenvalue weighted by Crippen LogP contribution is -2.31. The van der Waals surface area contributed by atoms with Crippen LogP contribution in [0.15, 0.2) is 24.3 Å². The molecule has 22 heavy (non-hydrogen) atoms. The van der Waals surface area contributed by atoms with Gasteiger partial charge in [0.05, 0.1) is 6.61 Å². The fraction of sp³-hybridized carbons (Fsp3) is 0.632. The van der Waals surface area contributed by atoms with Crippen molar-refractivity contribution in [2.75, 3.05) is 26.2 Å². The molecule has 0 spiro atoms. The highest BCUT2D eigenvalue weighted by Gasteiger charge is 2.12. The fourth-order valence-corrected chi connectivity index (χ4v) is 2.74. The third-order valence-corrected chi connectivity index (χ3v) is 4.24. The van der Waals surface area contributed by atoms with Gasteiger partial charge in [-0.3, -0.25) is 4.79 Å². The Hall–Kier alpha value is -1.35. The maximum Gasteiger partial charge on any atom is 0.164 e. The summed E-state index contributed by atoms with van der Waals surface area (Å²) in [5.74, 6) is 1.74. The van der Waals surface area contributed by atoms with Crippen LogP contribution in [0.1, 0.15) is 56.3 Å². The van der Waals surface area contributed by atoms with Crippen LogP contribution < -0.4 is 4.74 Å². The van der Waals surface area contributed by atoms with Gasteiger partial charge >= 0.3 is 0 Å². The molecule has 1 saturated heterocycles. The quantitative estimate of drug-likeness (QED) is 0.675. The summed E-state index contributed by atoms with van der Waals surface area (Å²) < 4.78 is 5.69. The van der Waals surface area contributed by atoms with Gasteiger partial charge in [0.2, 0.25) is 0 Å². The molecule has 1 aliphatic rings. The van der Waals surface area contributed by atoms with Crippen LogP contribution >= 0.6 is 0 Å². The number of likely N-dealkylation sites (tertiary alicyclic amines) is 1. The number of ether oxygens (including phenoxy) is 1. The molecule has 0 atom stereocenters. The van der Waals surface area contributed by atoms with Crippen molar-refractivity contribution in [1.82, 2.24) is 4.90 Å². The number of hydrogen-bond acceptors (Lipinski definition) is 3. The molecule has 1 aliphatic heterocycles. The van der Waals surface area contributed by atoms with Gasteiger partial charge in [0.1, 0.15) is 5.75 Å². The van der Waals surface area contributed by atoms with Crippen LogP contribution in [0.2, 0.25) is 0 Å². The van der Waals surface area contributed by atoms with Gasteiger partial charge in [-0.15, -0.1) is 0 Å². The summed E-state index contributed by atoms with van der Waals surface area (Å²) in [6, 6.07) is 7.61. The Morgan fingerprint density at radius 3 is 2.45 bits per heavy atom. The van der Waals surface area contributed by atoms with E-state index in [0.717, 1.165) is 44.0 Å². The molecule has 1 aromatic carbocycles. The first-order valence-electron chi connectivity index (χ1n) is 8.63. The summed E-state index contributed by atoms with van der Waals surface area (Å²) in [5, 5.41) is 0. The van der Waals surface area contributed by atoms with Crippen LogP contribution in [0.3, 0.4) is 0 Å². The molecule has 0 bridgehead atoms. The highest BCUT2D eigenvalue weighted by atomic mass is 16.5. The Bertz CT molecular complexity index is 447. The first-order chi connectivity index (χ1) is 10.6. The molecule has 1 fully saturated rings. The van der Waals surface area contributed by atoms with Crippen LogP contribution in [0.4, 0.5) is 0 Å². The van der Waals surface area contributed by atoms with Crippen molar-refractivity contribution in [2.45, 2.75) is 46.0 Å². The lowest BCUT2D eigenvalue weighted by atomic mass is 10.1. The predicted molar refractivity (Wildman–Crippen MR) is 90.6 cm³/mol. The zero-order valence-corrected chi connectivity index (χ0v) is 14.0. The topological polar surface area (TPSA) is 29.5 Å². The van der Waals surface area contributed by atoms with Crippen molar-refractivity contribution in [3.8, 4) is 5.75 Å². The van der Waals surface area contributed by atoms with E-state index in [-0.39, 0.29) is 5.78 Å². The number of nitrogens with zero attached hydrogens (tertiary/aromatic N) is 1. The van der Waals surface area contributed by atoms with E-state index in [1.54, 1.807) is 0 Å². The molecule has 122 valence electrons. The number of piperidine rings is 1. The van der Waals surface area contributed by atoms with E-state index in [0.29, 0.717) is 12.3 Å². The molecule has 3 nitrogen and oxygen atoms in total. The Labute approximate surface area is 134 Å². The van der Waals surface area contributed by atoms with Gasteiger partial charge in [-0.05, 0) is 62.5 Å². The summed E-state index contributed by atoms with van der Waals surface area (Å²) in [4.78, 5) is 14.6. The minimum atomic E-state index is 0.235. The minimum absolute atomic E-state index is 0.235. The van der Waals surface area contributed by atoms with Gasteiger partial charge < -0.3 is 9.64 Å². The van der Waals surface area contributed by atoms with Gasteiger partial charge in [-0.1, -0.05) is 20.3 Å². The standard InChI is InChI=1S/C19H29NO2/c1-16(2)11-15-22-18-8-6-17(7-9-18)19(21)10-14-20-12-4-3-5-13-20/h6-9,16H,3-5,10-15H2,1-2H3. The molecule has 3 heteroatoms. The number of Topliss-reactive ketones (excluding diaryl/α,β-unsaturated/α-hetero) is 1. The average Bonchev–Trinajstić information content (AvgIpc) is 2.54. The van der Waals surface area contributed by atoms with Crippen molar-refractivity contribution in [2.24, 2.45) is 5.92 Å². The highest BCUT2D eigenvalue weighted by molar-refractivity contribution is 5.96. The van der Waals surface area contributed by atoms with Crippen LogP contribution in [0.5, 0.6) is 5.75 Å². The Morgan fingerprint density at radius 2 is 1.82 bits per heavy atom. The Kier molecular flexibility index (Phi) is 6.91. The third-order valence-electron chi connectivity index (χ3n) is 4.24. The SMILES string of the molecule is CC(C)CCOc1ccc(C(=O)CCN2CCCCC2)cc1. The second-order valence-electron chi connectivity index (χ2n) is 6.63. The number of carbonyl (C=O) groups is 1. The fourth-order valence-electron chi connectivity index (χ4n) is 2.74. The molecule has 0 radical (unpaired) electrons. The second kappa shape index (κ2) is 8.94. The maximum absolute atomic E-state index is 12.2. The molecule has 0 unspecified atom stereocenters. The number of ketones is 1. The molecule has 0 aromatic heterocycles. The van der Waals surface area contributed by atoms with Crippen molar-refractivity contribution in [3.63, 3.8) is 0 Å². The summed E-state index contributed by atoms with van der Waals surface area (Å²) in [6.07, 6.45) is 5.56. The first-order valence-corrected chi connectivity index (χ1v) is 8.63. The molecular formula is C19H29NO2. The van der Waals surface area contributed by atoms with E-state index in [4.69, 9.17) is 4.74 Å². The number of hydrogen-bond donors (Lipinski definition) is 0. The Morgan fingerprint density at radius 1 is 1.14 bits per heavy atom. The van der Waals surface area contributed by atoms with Crippen LogP contribution in [0.25, 0.3) is 0 Å². The normalized spacial score (nSPS) is 16.0. The Balaban J connectivity index is 1.75. The van der Waals surface area contributed by atoms with E-state index in [1.165, 1.54) is 19.3 Å². The van der Waals surface area contributed by atoms with Crippen LogP contribution in [0, 0.1) is 5.92 Å². The zero-order valence-electron chi connectivity index (χ0n) is 14.0.